The van der Waals surface area contributed by atoms with E-state index < -0.39 is 0 Å². The van der Waals surface area contributed by atoms with Crippen LogP contribution in [0, 0.1) is 3.57 Å². The molecule has 27 heavy (non-hydrogen) atoms. The highest BCUT2D eigenvalue weighted by atomic mass is 127. The number of amides is 1. The number of amidine groups is 1. The molecule has 2 aromatic carbocycles. The van der Waals surface area contributed by atoms with Crippen molar-refractivity contribution in [3.8, 4) is 11.5 Å². The molecule has 1 saturated heterocycles. The molecule has 2 aromatic rings. The maximum absolute atomic E-state index is 12.8. The predicted molar refractivity (Wildman–Crippen MR) is 118 cm³/mol. The van der Waals surface area contributed by atoms with Crippen LogP contribution < -0.4 is 4.74 Å². The number of hydrogen-bond acceptors (Lipinski definition) is 5. The van der Waals surface area contributed by atoms with Crippen LogP contribution in [0.15, 0.2) is 52.4 Å². The molecule has 1 N–H and O–H groups in total. The van der Waals surface area contributed by atoms with Crippen LogP contribution in [0.25, 0.3) is 6.08 Å². The van der Waals surface area contributed by atoms with E-state index in [-0.39, 0.29) is 11.7 Å². The molecule has 1 heterocycles. The van der Waals surface area contributed by atoms with Crippen molar-refractivity contribution >= 4 is 57.2 Å². The lowest BCUT2D eigenvalue weighted by molar-refractivity contribution is -0.122. The molecular formula is C20H19IN2O3S. The van der Waals surface area contributed by atoms with Crippen molar-refractivity contribution in [2.24, 2.45) is 4.99 Å². The summed E-state index contributed by atoms with van der Waals surface area (Å²) in [4.78, 5) is 19.6. The Kier molecular flexibility index (Phi) is 6.43. The van der Waals surface area contributed by atoms with Crippen LogP contribution in [0.2, 0.25) is 0 Å². The highest BCUT2D eigenvalue weighted by molar-refractivity contribution is 14.1. The minimum Gasteiger partial charge on any atom is -0.504 e. The predicted octanol–water partition coefficient (Wildman–Crippen LogP) is 5.02. The van der Waals surface area contributed by atoms with Gasteiger partial charge in [-0.25, -0.2) is 4.99 Å². The number of aromatic hydroxyl groups is 1. The summed E-state index contributed by atoms with van der Waals surface area (Å²) in [6.45, 7) is 4.79. The summed E-state index contributed by atoms with van der Waals surface area (Å²) in [7, 11) is 0. The molecule has 0 unspecified atom stereocenters. The number of thioether (sulfide) groups is 1. The monoisotopic (exact) mass is 494 g/mol. The van der Waals surface area contributed by atoms with Gasteiger partial charge in [-0.15, -0.1) is 0 Å². The van der Waals surface area contributed by atoms with Gasteiger partial charge in [0.2, 0.25) is 0 Å². The Bertz CT molecular complexity index is 913. The summed E-state index contributed by atoms with van der Waals surface area (Å²) in [6, 6.07) is 13.1. The van der Waals surface area contributed by atoms with E-state index in [2.05, 4.69) is 27.6 Å². The van der Waals surface area contributed by atoms with Gasteiger partial charge in [0.25, 0.3) is 5.91 Å². The SMILES string of the molecule is CCOc1cc(C=C2SC(=Nc3ccccc3)N(CC)C2=O)cc(I)c1O. The quantitative estimate of drug-likeness (QED) is 0.469. The third-order valence-electron chi connectivity index (χ3n) is 3.83. The van der Waals surface area contributed by atoms with Gasteiger partial charge in [0.15, 0.2) is 16.7 Å². The molecule has 140 valence electrons. The Balaban J connectivity index is 1.95. The molecule has 0 saturated carbocycles. The molecule has 1 fully saturated rings. The third-order valence-corrected chi connectivity index (χ3v) is 5.66. The number of carbonyl (C=O) groups excluding carboxylic acids is 1. The maximum atomic E-state index is 12.8. The Morgan fingerprint density at radius 3 is 2.67 bits per heavy atom. The van der Waals surface area contributed by atoms with E-state index in [0.717, 1.165) is 11.3 Å². The van der Waals surface area contributed by atoms with Gasteiger partial charge in [0.05, 0.1) is 20.8 Å². The fourth-order valence-corrected chi connectivity index (χ4v) is 4.27. The van der Waals surface area contributed by atoms with Crippen LogP contribution in [0.4, 0.5) is 5.69 Å². The molecule has 1 aliphatic rings. The van der Waals surface area contributed by atoms with Crippen LogP contribution in [-0.4, -0.2) is 34.2 Å². The van der Waals surface area contributed by atoms with E-state index in [1.165, 1.54) is 11.8 Å². The number of benzene rings is 2. The fraction of sp³-hybridized carbons (Fsp3) is 0.200. The van der Waals surface area contributed by atoms with Crippen molar-refractivity contribution in [3.63, 3.8) is 0 Å². The lowest BCUT2D eigenvalue weighted by Gasteiger charge is -2.12. The Labute approximate surface area is 176 Å². The minimum absolute atomic E-state index is 0.0711. The normalized spacial score (nSPS) is 17.1. The fourth-order valence-electron chi connectivity index (χ4n) is 2.58. The number of carbonyl (C=O) groups is 1. The van der Waals surface area contributed by atoms with Crippen LogP contribution in [0.1, 0.15) is 19.4 Å². The molecule has 5 nitrogen and oxygen atoms in total. The van der Waals surface area contributed by atoms with E-state index in [1.54, 1.807) is 11.0 Å². The van der Waals surface area contributed by atoms with Crippen molar-refractivity contribution in [3.05, 3.63) is 56.5 Å². The van der Waals surface area contributed by atoms with Crippen LogP contribution in [0.5, 0.6) is 11.5 Å². The number of para-hydroxylation sites is 1. The molecule has 0 spiro atoms. The minimum atomic E-state index is -0.0711. The molecule has 3 rings (SSSR count). The van der Waals surface area contributed by atoms with E-state index in [4.69, 9.17) is 4.74 Å². The Morgan fingerprint density at radius 1 is 1.26 bits per heavy atom. The molecule has 0 radical (unpaired) electrons. The summed E-state index contributed by atoms with van der Waals surface area (Å²) in [5.74, 6) is 0.460. The summed E-state index contributed by atoms with van der Waals surface area (Å²) in [5, 5.41) is 10.8. The van der Waals surface area contributed by atoms with Gasteiger partial charge in [-0.1, -0.05) is 18.2 Å². The number of nitrogens with zero attached hydrogens (tertiary/aromatic N) is 2. The summed E-state index contributed by atoms with van der Waals surface area (Å²) < 4.78 is 6.15. The van der Waals surface area contributed by atoms with Gasteiger partial charge in [0.1, 0.15) is 0 Å². The van der Waals surface area contributed by atoms with Crippen molar-refractivity contribution in [2.45, 2.75) is 13.8 Å². The summed E-state index contributed by atoms with van der Waals surface area (Å²) in [5.41, 5.74) is 1.61. The molecule has 1 aliphatic heterocycles. The first-order chi connectivity index (χ1) is 13.0. The van der Waals surface area contributed by atoms with Gasteiger partial charge in [-0.3, -0.25) is 9.69 Å². The first-order valence-electron chi connectivity index (χ1n) is 8.54. The zero-order valence-corrected chi connectivity index (χ0v) is 18.0. The lowest BCUT2D eigenvalue weighted by atomic mass is 10.2. The number of halogens is 1. The average Bonchev–Trinajstić information content (AvgIpc) is 2.94. The van der Waals surface area contributed by atoms with Crippen molar-refractivity contribution in [2.75, 3.05) is 13.2 Å². The smallest absolute Gasteiger partial charge is 0.266 e. The van der Waals surface area contributed by atoms with Gasteiger partial charge in [0, 0.05) is 6.54 Å². The highest BCUT2D eigenvalue weighted by Gasteiger charge is 2.32. The first-order valence-corrected chi connectivity index (χ1v) is 10.4. The largest absolute Gasteiger partial charge is 0.504 e. The second kappa shape index (κ2) is 8.79. The van der Waals surface area contributed by atoms with E-state index in [1.807, 2.05) is 56.3 Å². The van der Waals surface area contributed by atoms with Gasteiger partial charge in [-0.05, 0) is 84.1 Å². The number of ether oxygens (including phenoxy) is 1. The number of rotatable bonds is 5. The van der Waals surface area contributed by atoms with E-state index >= 15 is 0 Å². The molecule has 0 aromatic heterocycles. The second-order valence-electron chi connectivity index (χ2n) is 5.67. The van der Waals surface area contributed by atoms with Crippen molar-refractivity contribution in [1.82, 2.24) is 4.90 Å². The van der Waals surface area contributed by atoms with Crippen molar-refractivity contribution < 1.29 is 14.6 Å². The van der Waals surface area contributed by atoms with Crippen molar-refractivity contribution in [1.29, 1.82) is 0 Å². The van der Waals surface area contributed by atoms with Crippen LogP contribution in [-0.2, 0) is 4.79 Å². The van der Waals surface area contributed by atoms with E-state index in [9.17, 15) is 9.90 Å². The molecule has 1 amide bonds. The highest BCUT2D eigenvalue weighted by Crippen LogP contribution is 2.37. The third kappa shape index (κ3) is 4.47. The number of phenols is 1. The van der Waals surface area contributed by atoms with Crippen LogP contribution >= 0.6 is 34.4 Å². The van der Waals surface area contributed by atoms with Gasteiger partial charge < -0.3 is 9.84 Å². The molecule has 0 aliphatic carbocycles. The topological polar surface area (TPSA) is 62.1 Å². The molecule has 0 atom stereocenters. The number of hydrogen-bond donors (Lipinski definition) is 1. The van der Waals surface area contributed by atoms with Crippen LogP contribution in [0.3, 0.4) is 0 Å². The maximum Gasteiger partial charge on any atom is 0.266 e. The Hall–Kier alpha value is -2.00. The second-order valence-corrected chi connectivity index (χ2v) is 7.84. The van der Waals surface area contributed by atoms with Gasteiger partial charge in [-0.2, -0.15) is 0 Å². The Morgan fingerprint density at radius 2 is 2.00 bits per heavy atom. The zero-order chi connectivity index (χ0) is 19.4. The number of phenolic OH excluding ortho intramolecular Hbond substituents is 1. The summed E-state index contributed by atoms with van der Waals surface area (Å²) in [6.07, 6.45) is 1.81. The standard InChI is InChI=1S/C20H19IN2O3S/c1-3-23-19(25)17(27-20(23)22-14-8-6-5-7-9-14)12-13-10-15(21)18(24)16(11-13)26-4-2/h5-12,24H,3-4H2,1-2H3. The lowest BCUT2D eigenvalue weighted by Crippen LogP contribution is -2.28. The number of aliphatic imine (C=N–C) groups is 1. The molecule has 7 heteroatoms. The first kappa shape index (κ1) is 19.8. The number of likely N-dealkylation sites (N-methyl/N-ethyl adjacent to an activating group) is 1. The van der Waals surface area contributed by atoms with Gasteiger partial charge >= 0.3 is 0 Å². The summed E-state index contributed by atoms with van der Waals surface area (Å²) >= 11 is 3.40. The zero-order valence-electron chi connectivity index (χ0n) is 15.0. The molecule has 0 bridgehead atoms. The molecular weight excluding hydrogens is 475 g/mol. The average molecular weight is 494 g/mol. The van der Waals surface area contributed by atoms with E-state index in [0.29, 0.717) is 32.5 Å².